The van der Waals surface area contributed by atoms with Gasteiger partial charge in [0.25, 0.3) is 5.91 Å². The Labute approximate surface area is 68.6 Å². The van der Waals surface area contributed by atoms with Gasteiger partial charge in [-0.25, -0.2) is 0 Å². The molecule has 0 radical (unpaired) electrons. The first-order valence-corrected chi connectivity index (χ1v) is 3.77. The zero-order chi connectivity index (χ0) is 7.56. The molecule has 1 aliphatic heterocycles. The number of carbonyl (C=O) groups is 1. The minimum absolute atomic E-state index is 0.174. The van der Waals surface area contributed by atoms with Crippen LogP contribution in [0.4, 0.5) is 0 Å². The van der Waals surface area contributed by atoms with Crippen LogP contribution in [0, 0.1) is 0 Å². The molecule has 3 nitrogen and oxygen atoms in total. The van der Waals surface area contributed by atoms with E-state index in [9.17, 15) is 4.79 Å². The lowest BCUT2D eigenvalue weighted by atomic mass is 10.3. The summed E-state index contributed by atoms with van der Waals surface area (Å²) in [5.74, 6) is -0.395. The molecule has 1 atom stereocenters. The maximum absolute atomic E-state index is 10.7. The third-order valence-corrected chi connectivity index (χ3v) is 1.60. The molecule has 1 saturated heterocycles. The second kappa shape index (κ2) is 3.42. The molecule has 0 saturated carbocycles. The highest BCUT2D eigenvalue weighted by Crippen LogP contribution is 2.09. The van der Waals surface area contributed by atoms with Crippen molar-refractivity contribution < 1.29 is 9.53 Å². The van der Waals surface area contributed by atoms with Gasteiger partial charge >= 0.3 is 0 Å². The standard InChI is InChI=1S/C5H7Cl2NO2/c6-4(7)5(9)8-3-1-2-10-3/h3-4H,1-2H2,(H,8,9). The fraction of sp³-hybridized carbons (Fsp3) is 0.800. The molecule has 1 aliphatic rings. The van der Waals surface area contributed by atoms with Crippen LogP contribution in [0.5, 0.6) is 0 Å². The molecular weight excluding hydrogens is 177 g/mol. The molecule has 1 heterocycles. The molecule has 58 valence electrons. The van der Waals surface area contributed by atoms with Gasteiger partial charge in [0.1, 0.15) is 6.23 Å². The number of hydrogen-bond donors (Lipinski definition) is 1. The Hall–Kier alpha value is 0.01000. The van der Waals surface area contributed by atoms with E-state index in [0.717, 1.165) is 6.42 Å². The predicted molar refractivity (Wildman–Crippen MR) is 38.0 cm³/mol. The van der Waals surface area contributed by atoms with E-state index >= 15 is 0 Å². The van der Waals surface area contributed by atoms with E-state index in [4.69, 9.17) is 27.9 Å². The van der Waals surface area contributed by atoms with E-state index in [-0.39, 0.29) is 6.23 Å². The minimum Gasteiger partial charge on any atom is -0.358 e. The molecule has 0 aromatic heterocycles. The number of ether oxygens (including phenoxy) is 1. The van der Waals surface area contributed by atoms with Crippen molar-refractivity contribution in [1.29, 1.82) is 0 Å². The largest absolute Gasteiger partial charge is 0.358 e. The highest BCUT2D eigenvalue weighted by atomic mass is 35.5. The number of halogens is 2. The zero-order valence-corrected chi connectivity index (χ0v) is 6.65. The fourth-order valence-corrected chi connectivity index (χ4v) is 0.697. The molecule has 0 bridgehead atoms. The highest BCUT2D eigenvalue weighted by molar-refractivity contribution is 6.53. The lowest BCUT2D eigenvalue weighted by molar-refractivity contribution is -0.131. The van der Waals surface area contributed by atoms with Crippen LogP contribution in [0.1, 0.15) is 6.42 Å². The zero-order valence-electron chi connectivity index (χ0n) is 5.14. The van der Waals surface area contributed by atoms with Gasteiger partial charge in [-0.15, -0.1) is 0 Å². The van der Waals surface area contributed by atoms with Gasteiger partial charge < -0.3 is 10.1 Å². The van der Waals surface area contributed by atoms with Crippen LogP contribution in [0.2, 0.25) is 0 Å². The third-order valence-electron chi connectivity index (χ3n) is 1.20. The van der Waals surface area contributed by atoms with Crippen LogP contribution in [0.25, 0.3) is 0 Å². The highest BCUT2D eigenvalue weighted by Gasteiger charge is 2.22. The summed E-state index contributed by atoms with van der Waals surface area (Å²) in [6.45, 7) is 0.695. The Morgan fingerprint density at radius 3 is 2.60 bits per heavy atom. The third kappa shape index (κ3) is 2.01. The van der Waals surface area contributed by atoms with Crippen molar-refractivity contribution in [2.45, 2.75) is 17.5 Å². The Bertz CT molecular complexity index is 136. The van der Waals surface area contributed by atoms with Crippen molar-refractivity contribution in [3.63, 3.8) is 0 Å². The maximum atomic E-state index is 10.7. The lowest BCUT2D eigenvalue weighted by Gasteiger charge is -2.27. The number of rotatable bonds is 2. The Balaban J connectivity index is 2.17. The molecule has 0 aromatic rings. The van der Waals surface area contributed by atoms with Gasteiger partial charge in [0.05, 0.1) is 6.61 Å². The summed E-state index contributed by atoms with van der Waals surface area (Å²) < 4.78 is 4.90. The molecule has 1 unspecified atom stereocenters. The van der Waals surface area contributed by atoms with E-state index in [1.54, 1.807) is 0 Å². The molecule has 5 heteroatoms. The number of carbonyl (C=O) groups excluding carboxylic acids is 1. The Kier molecular flexibility index (Phi) is 2.77. The van der Waals surface area contributed by atoms with E-state index in [2.05, 4.69) is 5.32 Å². The second-order valence-corrected chi connectivity index (χ2v) is 3.05. The predicted octanol–water partition coefficient (Wildman–Crippen LogP) is 0.653. The van der Waals surface area contributed by atoms with E-state index in [1.807, 2.05) is 0 Å². The molecule has 0 aliphatic carbocycles. The summed E-state index contributed by atoms with van der Waals surface area (Å²) in [7, 11) is 0. The quantitative estimate of drug-likeness (QED) is 0.640. The van der Waals surface area contributed by atoms with Crippen LogP contribution in [0.3, 0.4) is 0 Å². The molecule has 1 fully saturated rings. The van der Waals surface area contributed by atoms with Crippen LogP contribution < -0.4 is 5.32 Å². The van der Waals surface area contributed by atoms with Crippen LogP contribution in [-0.2, 0) is 9.53 Å². The molecule has 1 rings (SSSR count). The van der Waals surface area contributed by atoms with Gasteiger partial charge in [0.15, 0.2) is 4.84 Å². The second-order valence-electron chi connectivity index (χ2n) is 1.96. The average Bonchev–Trinajstić information content (AvgIpc) is 1.77. The molecule has 1 N–H and O–H groups in total. The van der Waals surface area contributed by atoms with Crippen LogP contribution >= 0.6 is 23.2 Å². The molecule has 0 aromatic carbocycles. The van der Waals surface area contributed by atoms with Gasteiger partial charge in [0.2, 0.25) is 0 Å². The number of amides is 1. The Morgan fingerprint density at radius 1 is 1.70 bits per heavy atom. The molecular formula is C5H7Cl2NO2. The first kappa shape index (κ1) is 8.11. The van der Waals surface area contributed by atoms with Crippen molar-refractivity contribution >= 4 is 29.1 Å². The monoisotopic (exact) mass is 183 g/mol. The summed E-state index contributed by atoms with van der Waals surface area (Å²) in [5, 5.41) is 2.49. The summed E-state index contributed by atoms with van der Waals surface area (Å²) >= 11 is 10.5. The van der Waals surface area contributed by atoms with Crippen molar-refractivity contribution in [3.8, 4) is 0 Å². The van der Waals surface area contributed by atoms with E-state index < -0.39 is 10.7 Å². The smallest absolute Gasteiger partial charge is 0.255 e. The maximum Gasteiger partial charge on any atom is 0.255 e. The summed E-state index contributed by atoms with van der Waals surface area (Å²) in [4.78, 5) is 9.69. The number of nitrogens with one attached hydrogen (secondary N) is 1. The van der Waals surface area contributed by atoms with Gasteiger partial charge in [-0.05, 0) is 0 Å². The fourth-order valence-electron chi connectivity index (χ4n) is 0.571. The first-order valence-electron chi connectivity index (χ1n) is 2.90. The van der Waals surface area contributed by atoms with E-state index in [0.29, 0.717) is 6.61 Å². The molecule has 1 amide bonds. The van der Waals surface area contributed by atoms with Gasteiger partial charge in [0, 0.05) is 6.42 Å². The van der Waals surface area contributed by atoms with Crippen molar-refractivity contribution in [2.24, 2.45) is 0 Å². The lowest BCUT2D eigenvalue weighted by Crippen LogP contribution is -2.45. The van der Waals surface area contributed by atoms with Gasteiger partial charge in [-0.2, -0.15) is 0 Å². The van der Waals surface area contributed by atoms with Crippen molar-refractivity contribution in [2.75, 3.05) is 6.61 Å². The molecule has 0 spiro atoms. The topological polar surface area (TPSA) is 38.3 Å². The Morgan fingerprint density at radius 2 is 2.30 bits per heavy atom. The summed E-state index contributed by atoms with van der Waals surface area (Å²) in [5.41, 5.74) is 0. The summed E-state index contributed by atoms with van der Waals surface area (Å²) in [6, 6.07) is 0. The first-order chi connectivity index (χ1) is 4.70. The van der Waals surface area contributed by atoms with Gasteiger partial charge in [-0.3, -0.25) is 4.79 Å². The minimum atomic E-state index is -0.996. The number of hydrogen-bond acceptors (Lipinski definition) is 2. The van der Waals surface area contributed by atoms with Gasteiger partial charge in [-0.1, -0.05) is 23.2 Å². The SMILES string of the molecule is O=C(NC1CCO1)C(Cl)Cl. The van der Waals surface area contributed by atoms with Crippen LogP contribution in [0.15, 0.2) is 0 Å². The average molecular weight is 184 g/mol. The number of alkyl halides is 2. The van der Waals surface area contributed by atoms with Crippen molar-refractivity contribution in [1.82, 2.24) is 5.32 Å². The molecule has 10 heavy (non-hydrogen) atoms. The van der Waals surface area contributed by atoms with E-state index in [1.165, 1.54) is 0 Å². The summed E-state index contributed by atoms with van der Waals surface area (Å²) in [6.07, 6.45) is 0.666. The normalized spacial score (nSPS) is 24.1. The van der Waals surface area contributed by atoms with Crippen molar-refractivity contribution in [3.05, 3.63) is 0 Å². The van der Waals surface area contributed by atoms with Crippen LogP contribution in [-0.4, -0.2) is 23.6 Å².